The van der Waals surface area contributed by atoms with Crippen molar-refractivity contribution >= 4 is 0 Å². The second kappa shape index (κ2) is 2.01. The van der Waals surface area contributed by atoms with Gasteiger partial charge in [0.1, 0.15) is 0 Å². The van der Waals surface area contributed by atoms with Crippen molar-refractivity contribution in [2.45, 2.75) is 46.1 Å². The minimum Gasteiger partial charge on any atom is -0.343 e. The molecule has 2 aliphatic rings. The van der Waals surface area contributed by atoms with Gasteiger partial charge in [0.05, 0.1) is 12.6 Å². The number of hydrogen-bond acceptors (Lipinski definition) is 0. The van der Waals surface area contributed by atoms with Crippen molar-refractivity contribution in [1.82, 2.24) is 0 Å². The van der Waals surface area contributed by atoms with Gasteiger partial charge in [0, 0.05) is 18.3 Å². The molecule has 64 valence electrons. The Morgan fingerprint density at radius 1 is 1.18 bits per heavy atom. The van der Waals surface area contributed by atoms with E-state index in [2.05, 4.69) is 26.1 Å². The molecule has 2 atom stereocenters. The fourth-order valence-electron chi connectivity index (χ4n) is 3.49. The van der Waals surface area contributed by atoms with E-state index in [-0.39, 0.29) is 0 Å². The molecule has 1 saturated carbocycles. The first-order valence-corrected chi connectivity index (χ1v) is 4.83. The van der Waals surface area contributed by atoms with Crippen molar-refractivity contribution in [2.75, 3.05) is 6.54 Å². The van der Waals surface area contributed by atoms with Gasteiger partial charge in [-0.15, -0.1) is 0 Å². The Labute approximate surface area is 69.6 Å². The zero-order valence-corrected chi connectivity index (χ0v) is 7.98. The zero-order chi connectivity index (χ0) is 8.11. The van der Waals surface area contributed by atoms with Crippen LogP contribution in [0.5, 0.6) is 0 Å². The molecule has 0 aromatic rings. The minimum absolute atomic E-state index is 0.616. The molecule has 0 amide bonds. The molecule has 1 nitrogen and oxygen atoms in total. The molecule has 0 aromatic heterocycles. The van der Waals surface area contributed by atoms with E-state index in [1.54, 1.807) is 0 Å². The molecule has 2 bridgehead atoms. The molecule has 1 aliphatic carbocycles. The van der Waals surface area contributed by atoms with Gasteiger partial charge in [-0.2, -0.15) is 0 Å². The van der Waals surface area contributed by atoms with Crippen molar-refractivity contribution in [3.05, 3.63) is 0 Å². The van der Waals surface area contributed by atoms with E-state index in [0.29, 0.717) is 10.8 Å². The van der Waals surface area contributed by atoms with Crippen LogP contribution in [0.4, 0.5) is 0 Å². The van der Waals surface area contributed by atoms with Crippen LogP contribution in [0, 0.1) is 10.8 Å². The predicted octanol–water partition coefficient (Wildman–Crippen LogP) is 1.15. The summed E-state index contributed by atoms with van der Waals surface area (Å²) in [6.07, 6.45) is 4.34. The molecule has 0 aromatic carbocycles. The van der Waals surface area contributed by atoms with Gasteiger partial charge in [-0.3, -0.25) is 0 Å². The number of quaternary nitrogens is 1. The molecule has 2 N–H and O–H groups in total. The highest BCUT2D eigenvalue weighted by Crippen LogP contribution is 2.46. The van der Waals surface area contributed by atoms with E-state index < -0.39 is 0 Å². The molecular formula is C10H20N+. The van der Waals surface area contributed by atoms with Crippen LogP contribution in [-0.2, 0) is 0 Å². The lowest BCUT2D eigenvalue weighted by Crippen LogP contribution is -2.87. The summed E-state index contributed by atoms with van der Waals surface area (Å²) < 4.78 is 0. The molecule has 1 saturated heterocycles. The number of nitrogens with two attached hydrogens (primary N) is 1. The summed E-state index contributed by atoms with van der Waals surface area (Å²) in [5.41, 5.74) is 1.29. The van der Waals surface area contributed by atoms with Crippen molar-refractivity contribution in [3.63, 3.8) is 0 Å². The first kappa shape index (κ1) is 7.60. The van der Waals surface area contributed by atoms with Crippen LogP contribution in [0.1, 0.15) is 40.0 Å². The van der Waals surface area contributed by atoms with Gasteiger partial charge in [-0.1, -0.05) is 20.8 Å². The Balaban J connectivity index is 2.19. The molecule has 1 aliphatic heterocycles. The zero-order valence-electron chi connectivity index (χ0n) is 7.98. The van der Waals surface area contributed by atoms with Crippen molar-refractivity contribution in [1.29, 1.82) is 0 Å². The second-order valence-electron chi connectivity index (χ2n) is 5.76. The van der Waals surface area contributed by atoms with Gasteiger partial charge in [-0.25, -0.2) is 0 Å². The largest absolute Gasteiger partial charge is 0.343 e. The van der Waals surface area contributed by atoms with E-state index >= 15 is 0 Å². The highest BCUT2D eigenvalue weighted by Gasteiger charge is 2.48. The Morgan fingerprint density at radius 2 is 1.91 bits per heavy atom. The highest BCUT2D eigenvalue weighted by atomic mass is 15.0. The van der Waals surface area contributed by atoms with E-state index in [1.165, 1.54) is 25.8 Å². The van der Waals surface area contributed by atoms with Crippen molar-refractivity contribution < 1.29 is 5.32 Å². The molecule has 2 rings (SSSR count). The first-order chi connectivity index (χ1) is 4.99. The maximum atomic E-state index is 2.56. The average molecular weight is 154 g/mol. The molecule has 1 heteroatoms. The molecule has 0 unspecified atom stereocenters. The van der Waals surface area contributed by atoms with Gasteiger partial charge in [-0.05, 0) is 11.8 Å². The molecule has 0 spiro atoms. The smallest absolute Gasteiger partial charge is 0.0871 e. The third-order valence-electron chi connectivity index (χ3n) is 3.42. The first-order valence-electron chi connectivity index (χ1n) is 4.83. The van der Waals surface area contributed by atoms with Gasteiger partial charge in [0.15, 0.2) is 0 Å². The lowest BCUT2D eigenvalue weighted by Gasteiger charge is -2.37. The van der Waals surface area contributed by atoms with Crippen LogP contribution in [0.25, 0.3) is 0 Å². The Kier molecular flexibility index (Phi) is 1.39. The third kappa shape index (κ3) is 1.31. The van der Waals surface area contributed by atoms with Crippen LogP contribution >= 0.6 is 0 Å². The van der Waals surface area contributed by atoms with E-state index in [9.17, 15) is 0 Å². The number of hydrogen-bond donors (Lipinski definition) is 1. The van der Waals surface area contributed by atoms with Gasteiger partial charge in [0.25, 0.3) is 0 Å². The lowest BCUT2D eigenvalue weighted by atomic mass is 9.65. The minimum atomic E-state index is 0.616. The number of fused-ring (bicyclic) bond motifs is 2. The average Bonchev–Trinajstić information content (AvgIpc) is 2.03. The van der Waals surface area contributed by atoms with Crippen LogP contribution in [-0.4, -0.2) is 12.6 Å². The summed E-state index contributed by atoms with van der Waals surface area (Å²) in [4.78, 5) is 0. The van der Waals surface area contributed by atoms with E-state index in [4.69, 9.17) is 0 Å². The highest BCUT2D eigenvalue weighted by molar-refractivity contribution is 4.93. The van der Waals surface area contributed by atoms with Gasteiger partial charge < -0.3 is 5.32 Å². The van der Waals surface area contributed by atoms with Crippen molar-refractivity contribution in [3.8, 4) is 0 Å². The molecular weight excluding hydrogens is 134 g/mol. The number of rotatable bonds is 0. The SMILES string of the molecule is CC1(C)C[C@@H]2C[C@](C)(C[NH2+]2)C1. The maximum Gasteiger partial charge on any atom is 0.0871 e. The summed E-state index contributed by atoms with van der Waals surface area (Å²) in [7, 11) is 0. The topological polar surface area (TPSA) is 16.6 Å². The Morgan fingerprint density at radius 3 is 2.55 bits per heavy atom. The summed E-state index contributed by atoms with van der Waals surface area (Å²) >= 11 is 0. The maximum absolute atomic E-state index is 2.56. The fourth-order valence-corrected chi connectivity index (χ4v) is 3.49. The second-order valence-corrected chi connectivity index (χ2v) is 5.76. The monoisotopic (exact) mass is 154 g/mol. The van der Waals surface area contributed by atoms with Crippen LogP contribution in [0.3, 0.4) is 0 Å². The summed E-state index contributed by atoms with van der Waals surface area (Å²) in [5.74, 6) is 0. The molecule has 2 fully saturated rings. The van der Waals surface area contributed by atoms with E-state index in [0.717, 1.165) is 6.04 Å². The fraction of sp³-hybridized carbons (Fsp3) is 1.00. The van der Waals surface area contributed by atoms with Crippen molar-refractivity contribution in [2.24, 2.45) is 10.8 Å². The van der Waals surface area contributed by atoms with Gasteiger partial charge in [0.2, 0.25) is 0 Å². The lowest BCUT2D eigenvalue weighted by molar-refractivity contribution is -0.673. The normalized spacial score (nSPS) is 47.7. The molecule has 11 heavy (non-hydrogen) atoms. The third-order valence-corrected chi connectivity index (χ3v) is 3.42. The molecule has 1 heterocycles. The standard InChI is InChI=1S/C10H19N/c1-9(2)4-8-5-10(3,6-9)7-11-8/h8,11H,4-7H2,1-3H3/p+1/t8-,10+/m1/s1. The Hall–Kier alpha value is -0.0400. The quantitative estimate of drug-likeness (QED) is 0.539. The van der Waals surface area contributed by atoms with Crippen LogP contribution < -0.4 is 5.32 Å². The predicted molar refractivity (Wildman–Crippen MR) is 46.3 cm³/mol. The molecule has 0 radical (unpaired) electrons. The van der Waals surface area contributed by atoms with E-state index in [1.807, 2.05) is 0 Å². The van der Waals surface area contributed by atoms with Crippen LogP contribution in [0.15, 0.2) is 0 Å². The van der Waals surface area contributed by atoms with Crippen LogP contribution in [0.2, 0.25) is 0 Å². The van der Waals surface area contributed by atoms with Gasteiger partial charge >= 0.3 is 0 Å². The summed E-state index contributed by atoms with van der Waals surface area (Å²) in [6.45, 7) is 8.69. The summed E-state index contributed by atoms with van der Waals surface area (Å²) in [5, 5.41) is 2.56. The summed E-state index contributed by atoms with van der Waals surface area (Å²) in [6, 6.07) is 0.948. The Bertz CT molecular complexity index is 174.